The van der Waals surface area contributed by atoms with E-state index in [1.807, 2.05) is 0 Å². The van der Waals surface area contributed by atoms with Crippen LogP contribution in [0.4, 0.5) is 0 Å². The van der Waals surface area contributed by atoms with Gasteiger partial charge < -0.3 is 14.8 Å². The van der Waals surface area contributed by atoms with Gasteiger partial charge in [0, 0.05) is 12.6 Å². The maximum absolute atomic E-state index is 6.03. The molecule has 0 spiro atoms. The highest BCUT2D eigenvalue weighted by atomic mass is 35.5. The molecule has 3 fully saturated rings. The average Bonchev–Trinajstić information content (AvgIpc) is 2.95. The normalized spacial score (nSPS) is 37.9. The number of ether oxygens (including phenoxy) is 2. The number of hydrogen-bond acceptors (Lipinski definition) is 3. The molecule has 0 aromatic carbocycles. The van der Waals surface area contributed by atoms with Gasteiger partial charge in [0.15, 0.2) is 0 Å². The van der Waals surface area contributed by atoms with E-state index in [2.05, 4.69) is 5.32 Å². The Balaban J connectivity index is 0.000000963. The van der Waals surface area contributed by atoms with Crippen molar-refractivity contribution in [2.24, 2.45) is 5.92 Å². The molecule has 1 aliphatic carbocycles. The van der Waals surface area contributed by atoms with Crippen LogP contribution in [-0.4, -0.2) is 38.0 Å². The van der Waals surface area contributed by atoms with E-state index < -0.39 is 0 Å². The molecular weight excluding hydrogens is 226 g/mol. The van der Waals surface area contributed by atoms with E-state index >= 15 is 0 Å². The summed E-state index contributed by atoms with van der Waals surface area (Å²) >= 11 is 0. The van der Waals surface area contributed by atoms with Crippen LogP contribution in [0.2, 0.25) is 0 Å². The molecular formula is C12H22ClNO2. The molecule has 1 saturated carbocycles. The third kappa shape index (κ3) is 3.10. The van der Waals surface area contributed by atoms with Crippen molar-refractivity contribution in [3.8, 4) is 0 Å². The summed E-state index contributed by atoms with van der Waals surface area (Å²) in [6.45, 7) is 2.91. The van der Waals surface area contributed by atoms with Crippen molar-refractivity contribution in [1.82, 2.24) is 5.32 Å². The number of halogens is 1. The molecule has 0 aromatic rings. The standard InChI is InChI=1S/C12H21NO2.ClH/c1-2-9(1)7-14-8-10-3-4-11-12(15-10)5-6-13-11;/h9-13H,1-8H2;1H/t10-,11-,12-;/m1./s1. The minimum Gasteiger partial charge on any atom is -0.378 e. The van der Waals surface area contributed by atoms with E-state index in [1.54, 1.807) is 0 Å². The molecule has 4 heteroatoms. The molecule has 3 aliphatic rings. The van der Waals surface area contributed by atoms with Gasteiger partial charge in [-0.25, -0.2) is 0 Å². The van der Waals surface area contributed by atoms with Crippen LogP contribution in [-0.2, 0) is 9.47 Å². The minimum atomic E-state index is 0. The second-order valence-corrected chi connectivity index (χ2v) is 5.20. The minimum absolute atomic E-state index is 0. The van der Waals surface area contributed by atoms with Crippen molar-refractivity contribution in [3.63, 3.8) is 0 Å². The first-order chi connectivity index (χ1) is 7.42. The predicted octanol–water partition coefficient (Wildman–Crippen LogP) is 1.74. The molecule has 0 amide bonds. The van der Waals surface area contributed by atoms with Crippen LogP contribution in [0.3, 0.4) is 0 Å². The molecule has 16 heavy (non-hydrogen) atoms. The number of nitrogens with one attached hydrogen (secondary N) is 1. The first-order valence-electron chi connectivity index (χ1n) is 6.38. The van der Waals surface area contributed by atoms with Crippen molar-refractivity contribution in [1.29, 1.82) is 0 Å². The molecule has 2 saturated heterocycles. The monoisotopic (exact) mass is 247 g/mol. The maximum atomic E-state index is 6.03. The Bertz CT molecular complexity index is 223. The van der Waals surface area contributed by atoms with Gasteiger partial charge >= 0.3 is 0 Å². The molecule has 2 heterocycles. The second kappa shape index (κ2) is 5.67. The molecule has 0 radical (unpaired) electrons. The Morgan fingerprint density at radius 2 is 1.94 bits per heavy atom. The van der Waals surface area contributed by atoms with Gasteiger partial charge in [0.05, 0.1) is 18.8 Å². The van der Waals surface area contributed by atoms with Crippen molar-refractivity contribution < 1.29 is 9.47 Å². The van der Waals surface area contributed by atoms with Crippen LogP contribution in [0, 0.1) is 5.92 Å². The summed E-state index contributed by atoms with van der Waals surface area (Å²) in [5, 5.41) is 3.50. The largest absolute Gasteiger partial charge is 0.378 e. The third-order valence-corrected chi connectivity index (χ3v) is 3.81. The fourth-order valence-electron chi connectivity index (χ4n) is 2.65. The fourth-order valence-corrected chi connectivity index (χ4v) is 2.65. The van der Waals surface area contributed by atoms with Gasteiger partial charge in [0.2, 0.25) is 0 Å². The summed E-state index contributed by atoms with van der Waals surface area (Å²) in [7, 11) is 0. The third-order valence-electron chi connectivity index (χ3n) is 3.81. The summed E-state index contributed by atoms with van der Waals surface area (Å²) in [6.07, 6.45) is 7.20. The van der Waals surface area contributed by atoms with E-state index in [-0.39, 0.29) is 12.4 Å². The van der Waals surface area contributed by atoms with Crippen LogP contribution in [0.1, 0.15) is 32.1 Å². The zero-order chi connectivity index (χ0) is 10.1. The van der Waals surface area contributed by atoms with E-state index in [4.69, 9.17) is 9.47 Å². The van der Waals surface area contributed by atoms with Crippen molar-refractivity contribution in [3.05, 3.63) is 0 Å². The lowest BCUT2D eigenvalue weighted by molar-refractivity contribution is -0.0892. The van der Waals surface area contributed by atoms with Crippen LogP contribution in [0.5, 0.6) is 0 Å². The van der Waals surface area contributed by atoms with Crippen molar-refractivity contribution in [2.75, 3.05) is 19.8 Å². The molecule has 3 nitrogen and oxygen atoms in total. The SMILES string of the molecule is C1C[C@H]2O[C@@H](COCC3CC3)CC[C@H]2N1.Cl. The molecule has 0 unspecified atom stereocenters. The number of hydrogen-bond donors (Lipinski definition) is 1. The lowest BCUT2D eigenvalue weighted by Crippen LogP contribution is -2.41. The lowest BCUT2D eigenvalue weighted by atomic mass is 10.0. The smallest absolute Gasteiger partial charge is 0.0813 e. The van der Waals surface area contributed by atoms with Gasteiger partial charge in [-0.2, -0.15) is 0 Å². The van der Waals surface area contributed by atoms with E-state index in [1.165, 1.54) is 32.1 Å². The van der Waals surface area contributed by atoms with Crippen LogP contribution in [0.15, 0.2) is 0 Å². The fraction of sp³-hybridized carbons (Fsp3) is 1.00. The molecule has 2 aliphatic heterocycles. The summed E-state index contributed by atoms with van der Waals surface area (Å²) in [5.41, 5.74) is 0. The number of fused-ring (bicyclic) bond motifs is 1. The Morgan fingerprint density at radius 3 is 2.75 bits per heavy atom. The van der Waals surface area contributed by atoms with Crippen molar-refractivity contribution >= 4 is 12.4 Å². The summed E-state index contributed by atoms with van der Waals surface area (Å²) in [5.74, 6) is 0.870. The molecule has 3 atom stereocenters. The summed E-state index contributed by atoms with van der Waals surface area (Å²) < 4.78 is 11.7. The van der Waals surface area contributed by atoms with Crippen LogP contribution >= 0.6 is 12.4 Å². The van der Waals surface area contributed by atoms with Gasteiger partial charge in [-0.15, -0.1) is 12.4 Å². The Hall–Kier alpha value is 0.170. The topological polar surface area (TPSA) is 30.5 Å². The quantitative estimate of drug-likeness (QED) is 0.821. The van der Waals surface area contributed by atoms with Gasteiger partial charge in [0.25, 0.3) is 0 Å². The molecule has 1 N–H and O–H groups in total. The van der Waals surface area contributed by atoms with Crippen LogP contribution < -0.4 is 5.32 Å². The second-order valence-electron chi connectivity index (χ2n) is 5.20. The summed E-state index contributed by atoms with van der Waals surface area (Å²) in [4.78, 5) is 0. The zero-order valence-corrected chi connectivity index (χ0v) is 10.5. The van der Waals surface area contributed by atoms with Crippen LogP contribution in [0.25, 0.3) is 0 Å². The first kappa shape index (κ1) is 12.6. The number of rotatable bonds is 4. The molecule has 3 rings (SSSR count). The highest BCUT2D eigenvalue weighted by Gasteiger charge is 2.34. The van der Waals surface area contributed by atoms with Crippen molar-refractivity contribution in [2.45, 2.75) is 50.4 Å². The van der Waals surface area contributed by atoms with E-state index in [0.29, 0.717) is 18.2 Å². The van der Waals surface area contributed by atoms with Gasteiger partial charge in [-0.3, -0.25) is 0 Å². The average molecular weight is 248 g/mol. The lowest BCUT2D eigenvalue weighted by Gasteiger charge is -2.32. The molecule has 0 bridgehead atoms. The molecule has 94 valence electrons. The summed E-state index contributed by atoms with van der Waals surface area (Å²) in [6, 6.07) is 0.629. The van der Waals surface area contributed by atoms with Gasteiger partial charge in [0.1, 0.15) is 0 Å². The van der Waals surface area contributed by atoms with Gasteiger partial charge in [-0.05, 0) is 44.6 Å². The highest BCUT2D eigenvalue weighted by Crippen LogP contribution is 2.29. The maximum Gasteiger partial charge on any atom is 0.0813 e. The first-order valence-corrected chi connectivity index (χ1v) is 6.38. The van der Waals surface area contributed by atoms with E-state index in [9.17, 15) is 0 Å². The zero-order valence-electron chi connectivity index (χ0n) is 9.69. The highest BCUT2D eigenvalue weighted by molar-refractivity contribution is 5.85. The predicted molar refractivity (Wildman–Crippen MR) is 65.1 cm³/mol. The Kier molecular flexibility index (Phi) is 4.48. The molecule has 0 aromatic heterocycles. The van der Waals surface area contributed by atoms with E-state index in [0.717, 1.165) is 25.7 Å². The Morgan fingerprint density at radius 1 is 1.06 bits per heavy atom. The van der Waals surface area contributed by atoms with Gasteiger partial charge in [-0.1, -0.05) is 0 Å². The Labute approximate surface area is 104 Å².